The van der Waals surface area contributed by atoms with Crippen molar-refractivity contribution in [3.8, 4) is 0 Å². The van der Waals surface area contributed by atoms with E-state index in [2.05, 4.69) is 22.7 Å². The second kappa shape index (κ2) is 4.65. The van der Waals surface area contributed by atoms with E-state index in [1.165, 1.54) is 0 Å². The lowest BCUT2D eigenvalue weighted by molar-refractivity contribution is -0.119. The van der Waals surface area contributed by atoms with Crippen molar-refractivity contribution in [3.05, 3.63) is 5.69 Å². The fourth-order valence-electron chi connectivity index (χ4n) is 2.02. The molecule has 2 rings (SSSR count). The Morgan fingerprint density at radius 2 is 2.41 bits per heavy atom. The van der Waals surface area contributed by atoms with Gasteiger partial charge in [0.15, 0.2) is 0 Å². The molecule has 0 aliphatic carbocycles. The molecule has 94 valence electrons. The monoisotopic (exact) mass is 237 g/mol. The van der Waals surface area contributed by atoms with Gasteiger partial charge in [-0.05, 0) is 13.3 Å². The van der Waals surface area contributed by atoms with Crippen LogP contribution in [0.15, 0.2) is 0 Å². The Kier molecular flexibility index (Phi) is 3.21. The van der Waals surface area contributed by atoms with E-state index in [4.69, 9.17) is 5.73 Å². The molecule has 6 heteroatoms. The number of carbonyl (C=O) groups is 1. The summed E-state index contributed by atoms with van der Waals surface area (Å²) in [6.45, 7) is 5.46. The van der Waals surface area contributed by atoms with Crippen molar-refractivity contribution in [1.82, 2.24) is 15.1 Å². The molecule has 1 aliphatic heterocycles. The number of nitrogen functional groups attached to an aromatic ring is 1. The number of aryl methyl sites for hydroxylation is 2. The van der Waals surface area contributed by atoms with E-state index in [9.17, 15) is 4.79 Å². The zero-order valence-electron chi connectivity index (χ0n) is 10.3. The Labute approximate surface area is 101 Å². The fourth-order valence-corrected chi connectivity index (χ4v) is 2.02. The van der Waals surface area contributed by atoms with E-state index >= 15 is 0 Å². The first-order valence-corrected chi connectivity index (χ1v) is 5.98. The largest absolute Gasteiger partial charge is 0.394 e. The van der Waals surface area contributed by atoms with Crippen molar-refractivity contribution < 1.29 is 4.79 Å². The maximum atomic E-state index is 11.1. The number of amides is 1. The standard InChI is InChI=1S/C11H19N5O/c1-3-4-16-11(10(12)7(2)15-16)14-8-5-9(17)13-6-8/h8,14H,3-6,12H2,1-2H3,(H,13,17). The van der Waals surface area contributed by atoms with Gasteiger partial charge >= 0.3 is 0 Å². The number of anilines is 2. The third kappa shape index (κ3) is 2.35. The van der Waals surface area contributed by atoms with E-state index in [0.717, 1.165) is 24.5 Å². The van der Waals surface area contributed by atoms with Gasteiger partial charge in [0.05, 0.1) is 17.4 Å². The van der Waals surface area contributed by atoms with E-state index in [-0.39, 0.29) is 11.9 Å². The highest BCUT2D eigenvalue weighted by molar-refractivity contribution is 5.80. The van der Waals surface area contributed by atoms with Crippen LogP contribution in [0.5, 0.6) is 0 Å². The summed E-state index contributed by atoms with van der Waals surface area (Å²) in [5, 5.41) is 10.5. The zero-order valence-corrected chi connectivity index (χ0v) is 10.3. The Morgan fingerprint density at radius 1 is 1.65 bits per heavy atom. The van der Waals surface area contributed by atoms with Gasteiger partial charge < -0.3 is 16.4 Å². The molecule has 0 bridgehead atoms. The summed E-state index contributed by atoms with van der Waals surface area (Å²) in [4.78, 5) is 11.1. The van der Waals surface area contributed by atoms with Crippen LogP contribution >= 0.6 is 0 Å². The number of nitrogens with zero attached hydrogens (tertiary/aromatic N) is 2. The summed E-state index contributed by atoms with van der Waals surface area (Å²) in [6, 6.07) is 0.108. The van der Waals surface area contributed by atoms with Crippen LogP contribution in [0.2, 0.25) is 0 Å². The summed E-state index contributed by atoms with van der Waals surface area (Å²) in [5.74, 6) is 0.921. The molecule has 0 aromatic carbocycles. The predicted molar refractivity (Wildman–Crippen MR) is 66.7 cm³/mol. The molecule has 0 spiro atoms. The van der Waals surface area contributed by atoms with Crippen molar-refractivity contribution in [2.24, 2.45) is 0 Å². The third-order valence-corrected chi connectivity index (χ3v) is 2.93. The maximum Gasteiger partial charge on any atom is 0.222 e. The van der Waals surface area contributed by atoms with Crippen molar-refractivity contribution in [1.29, 1.82) is 0 Å². The molecule has 1 unspecified atom stereocenters. The Morgan fingerprint density at radius 3 is 3.00 bits per heavy atom. The maximum absolute atomic E-state index is 11.1. The average molecular weight is 237 g/mol. The molecule has 1 aliphatic rings. The molecule has 17 heavy (non-hydrogen) atoms. The lowest BCUT2D eigenvalue weighted by Gasteiger charge is -2.14. The SMILES string of the molecule is CCCn1nc(C)c(N)c1NC1CNC(=O)C1. The first-order valence-electron chi connectivity index (χ1n) is 5.98. The van der Waals surface area contributed by atoms with E-state index in [1.54, 1.807) is 0 Å². The highest BCUT2D eigenvalue weighted by Crippen LogP contribution is 2.24. The molecule has 1 aromatic heterocycles. The minimum Gasteiger partial charge on any atom is -0.394 e. The van der Waals surface area contributed by atoms with Crippen molar-refractivity contribution >= 4 is 17.4 Å². The predicted octanol–water partition coefficient (Wildman–Crippen LogP) is 0.484. The molecular formula is C11H19N5O. The quantitative estimate of drug-likeness (QED) is 0.711. The summed E-state index contributed by atoms with van der Waals surface area (Å²) in [5.41, 5.74) is 7.51. The molecule has 2 heterocycles. The number of carbonyl (C=O) groups excluding carboxylic acids is 1. The van der Waals surface area contributed by atoms with Crippen LogP contribution in [0, 0.1) is 6.92 Å². The summed E-state index contributed by atoms with van der Waals surface area (Å²) >= 11 is 0. The summed E-state index contributed by atoms with van der Waals surface area (Å²) in [6.07, 6.45) is 1.49. The first kappa shape index (κ1) is 11.8. The number of rotatable bonds is 4. The van der Waals surface area contributed by atoms with Crippen LogP contribution in [0.1, 0.15) is 25.5 Å². The van der Waals surface area contributed by atoms with Gasteiger partial charge in [0.25, 0.3) is 0 Å². The number of hydrogen-bond acceptors (Lipinski definition) is 4. The van der Waals surface area contributed by atoms with Gasteiger partial charge in [0.2, 0.25) is 5.91 Å². The van der Waals surface area contributed by atoms with Gasteiger partial charge in [-0.25, -0.2) is 4.68 Å². The molecule has 1 aromatic rings. The van der Waals surface area contributed by atoms with Gasteiger partial charge in [-0.15, -0.1) is 0 Å². The van der Waals surface area contributed by atoms with Crippen LogP contribution in [-0.2, 0) is 11.3 Å². The topological polar surface area (TPSA) is 85.0 Å². The van der Waals surface area contributed by atoms with Crippen molar-refractivity contribution in [2.45, 2.75) is 39.3 Å². The summed E-state index contributed by atoms with van der Waals surface area (Å²) < 4.78 is 1.88. The van der Waals surface area contributed by atoms with Crippen LogP contribution in [0.3, 0.4) is 0 Å². The van der Waals surface area contributed by atoms with Gasteiger partial charge in [-0.1, -0.05) is 6.92 Å². The molecular weight excluding hydrogens is 218 g/mol. The number of nitrogens with one attached hydrogen (secondary N) is 2. The Hall–Kier alpha value is -1.72. The first-order chi connectivity index (χ1) is 8.11. The van der Waals surface area contributed by atoms with Crippen LogP contribution < -0.4 is 16.4 Å². The minimum atomic E-state index is 0.0827. The van der Waals surface area contributed by atoms with Crippen molar-refractivity contribution in [2.75, 3.05) is 17.6 Å². The minimum absolute atomic E-state index is 0.0827. The molecule has 1 amide bonds. The van der Waals surface area contributed by atoms with Crippen molar-refractivity contribution in [3.63, 3.8) is 0 Å². The van der Waals surface area contributed by atoms with Crippen LogP contribution in [0.25, 0.3) is 0 Å². The zero-order chi connectivity index (χ0) is 12.4. The number of hydrogen-bond donors (Lipinski definition) is 3. The van der Waals surface area contributed by atoms with E-state index < -0.39 is 0 Å². The normalized spacial score (nSPS) is 19.4. The molecule has 0 radical (unpaired) electrons. The van der Waals surface area contributed by atoms with Crippen LogP contribution in [0.4, 0.5) is 11.5 Å². The Balaban J connectivity index is 2.16. The van der Waals surface area contributed by atoms with Gasteiger partial charge in [0.1, 0.15) is 5.82 Å². The number of nitrogens with two attached hydrogens (primary N) is 1. The van der Waals surface area contributed by atoms with Gasteiger partial charge in [-0.3, -0.25) is 4.79 Å². The van der Waals surface area contributed by atoms with Gasteiger partial charge in [-0.2, -0.15) is 5.10 Å². The van der Waals surface area contributed by atoms with E-state index in [1.807, 2.05) is 11.6 Å². The smallest absolute Gasteiger partial charge is 0.222 e. The highest BCUT2D eigenvalue weighted by atomic mass is 16.1. The Bertz CT molecular complexity index is 426. The van der Waals surface area contributed by atoms with E-state index in [0.29, 0.717) is 18.7 Å². The molecule has 1 atom stereocenters. The van der Waals surface area contributed by atoms with Gasteiger partial charge in [0, 0.05) is 19.5 Å². The third-order valence-electron chi connectivity index (χ3n) is 2.93. The lowest BCUT2D eigenvalue weighted by atomic mass is 10.2. The molecule has 0 saturated carbocycles. The van der Waals surface area contributed by atoms with Crippen LogP contribution in [-0.4, -0.2) is 28.3 Å². The average Bonchev–Trinajstić information content (AvgIpc) is 2.79. The lowest BCUT2D eigenvalue weighted by Crippen LogP contribution is -2.24. The molecule has 1 saturated heterocycles. The second-order valence-electron chi connectivity index (χ2n) is 4.42. The highest BCUT2D eigenvalue weighted by Gasteiger charge is 2.23. The summed E-state index contributed by atoms with van der Waals surface area (Å²) in [7, 11) is 0. The molecule has 1 fully saturated rings. The fraction of sp³-hybridized carbons (Fsp3) is 0.636. The molecule has 6 nitrogen and oxygen atoms in total. The molecule has 4 N–H and O–H groups in total. The second-order valence-corrected chi connectivity index (χ2v) is 4.42. The number of aromatic nitrogens is 2.